The molecule has 1 aliphatic rings. The van der Waals surface area contributed by atoms with Crippen molar-refractivity contribution in [1.29, 1.82) is 5.41 Å². The van der Waals surface area contributed by atoms with Crippen molar-refractivity contribution in [2.45, 2.75) is 51.7 Å². The highest BCUT2D eigenvalue weighted by Crippen LogP contribution is 2.34. The van der Waals surface area contributed by atoms with Crippen LogP contribution < -0.4 is 5.32 Å². The van der Waals surface area contributed by atoms with Gasteiger partial charge >= 0.3 is 12.1 Å². The molecule has 0 aliphatic heterocycles. The number of esters is 1. The summed E-state index contributed by atoms with van der Waals surface area (Å²) in [6.45, 7) is 5.24. The molecule has 1 fully saturated rings. The van der Waals surface area contributed by atoms with E-state index in [1.807, 2.05) is 0 Å². The monoisotopic (exact) mass is 298 g/mol. The maximum atomic E-state index is 11.8. The summed E-state index contributed by atoms with van der Waals surface area (Å²) in [4.78, 5) is 34.7. The molecular formula is C14H22N2O5. The van der Waals surface area contributed by atoms with Gasteiger partial charge in [-0.25, -0.2) is 9.59 Å². The van der Waals surface area contributed by atoms with Crippen molar-refractivity contribution in [3.05, 3.63) is 0 Å². The summed E-state index contributed by atoms with van der Waals surface area (Å²) in [7, 11) is 1.11. The van der Waals surface area contributed by atoms with Crippen LogP contribution in [0.25, 0.3) is 0 Å². The lowest BCUT2D eigenvalue weighted by molar-refractivity contribution is -0.133. The molecule has 0 saturated heterocycles. The molecule has 1 atom stereocenters. The number of carbonyl (C=O) groups is 3. The third-order valence-corrected chi connectivity index (χ3v) is 2.97. The normalized spacial score (nSPS) is 15.8. The number of hydrogen-bond acceptors (Lipinski definition) is 6. The number of hydrogen-bond donors (Lipinski definition) is 2. The van der Waals surface area contributed by atoms with E-state index in [-0.39, 0.29) is 12.3 Å². The Bertz CT molecular complexity index is 449. The second kappa shape index (κ2) is 6.69. The van der Waals surface area contributed by atoms with Gasteiger partial charge < -0.3 is 14.8 Å². The maximum Gasteiger partial charge on any atom is 0.407 e. The van der Waals surface area contributed by atoms with Crippen LogP contribution in [0.15, 0.2) is 0 Å². The predicted octanol–water partition coefficient (Wildman–Crippen LogP) is 1.44. The van der Waals surface area contributed by atoms with Crippen LogP contribution in [0.1, 0.15) is 40.0 Å². The highest BCUT2D eigenvalue weighted by Gasteiger charge is 2.36. The standard InChI is InChI=1S/C14H22N2O5/c1-14(2,3)21-13(19)16-9(8-5-6-8)7-10(17)11(15)12(18)20-4/h8-9,15H,5-7H2,1-4H3,(H,16,19). The highest BCUT2D eigenvalue weighted by molar-refractivity contribution is 6.63. The van der Waals surface area contributed by atoms with Crippen LogP contribution in [0.4, 0.5) is 4.79 Å². The van der Waals surface area contributed by atoms with Gasteiger partial charge in [0.1, 0.15) is 5.60 Å². The van der Waals surface area contributed by atoms with E-state index in [1.54, 1.807) is 20.8 Å². The molecule has 1 unspecified atom stereocenters. The number of ether oxygens (including phenoxy) is 2. The molecule has 0 heterocycles. The first kappa shape index (κ1) is 17.1. The Morgan fingerprint density at radius 1 is 1.29 bits per heavy atom. The lowest BCUT2D eigenvalue weighted by atomic mass is 10.0. The van der Waals surface area contributed by atoms with Crippen LogP contribution in [0, 0.1) is 11.3 Å². The molecule has 7 heteroatoms. The molecule has 0 radical (unpaired) electrons. The second-order valence-electron chi connectivity index (χ2n) is 6.08. The van der Waals surface area contributed by atoms with Crippen LogP contribution in [-0.2, 0) is 19.1 Å². The molecular weight excluding hydrogens is 276 g/mol. The number of ketones is 1. The van der Waals surface area contributed by atoms with Crippen LogP contribution in [0.2, 0.25) is 0 Å². The zero-order valence-corrected chi connectivity index (χ0v) is 12.8. The lowest BCUT2D eigenvalue weighted by Gasteiger charge is -2.23. The molecule has 2 N–H and O–H groups in total. The minimum absolute atomic E-state index is 0.0994. The molecule has 118 valence electrons. The highest BCUT2D eigenvalue weighted by atomic mass is 16.6. The van der Waals surface area contributed by atoms with Crippen LogP contribution >= 0.6 is 0 Å². The van der Waals surface area contributed by atoms with Crippen molar-refractivity contribution in [3.63, 3.8) is 0 Å². The van der Waals surface area contributed by atoms with Gasteiger partial charge in [-0.3, -0.25) is 10.2 Å². The fourth-order valence-corrected chi connectivity index (χ4v) is 1.81. The minimum Gasteiger partial charge on any atom is -0.464 e. The van der Waals surface area contributed by atoms with E-state index in [0.29, 0.717) is 0 Å². The molecule has 0 spiro atoms. The Labute approximate surface area is 123 Å². The van der Waals surface area contributed by atoms with E-state index in [1.165, 1.54) is 0 Å². The van der Waals surface area contributed by atoms with Crippen LogP contribution in [0.5, 0.6) is 0 Å². The Kier molecular flexibility index (Phi) is 5.46. The Balaban J connectivity index is 2.59. The lowest BCUT2D eigenvalue weighted by Crippen LogP contribution is -2.42. The number of Topliss-reactive ketones (excluding diaryl/α,β-unsaturated/α-hetero) is 1. The molecule has 7 nitrogen and oxygen atoms in total. The summed E-state index contributed by atoms with van der Waals surface area (Å²) in [5, 5.41) is 10.1. The van der Waals surface area contributed by atoms with E-state index in [4.69, 9.17) is 10.1 Å². The fraction of sp³-hybridized carbons (Fsp3) is 0.714. The van der Waals surface area contributed by atoms with Crippen LogP contribution in [-0.4, -0.2) is 42.3 Å². The van der Waals surface area contributed by atoms with Crippen LogP contribution in [0.3, 0.4) is 0 Å². The Hall–Kier alpha value is -1.92. The average molecular weight is 298 g/mol. The topological polar surface area (TPSA) is 106 Å². The number of nitrogens with one attached hydrogen (secondary N) is 2. The zero-order chi connectivity index (χ0) is 16.2. The van der Waals surface area contributed by atoms with Gasteiger partial charge in [-0.15, -0.1) is 0 Å². The largest absolute Gasteiger partial charge is 0.464 e. The number of rotatable bonds is 6. The summed E-state index contributed by atoms with van der Waals surface area (Å²) in [6, 6.07) is -0.419. The summed E-state index contributed by atoms with van der Waals surface area (Å²) in [5.74, 6) is -1.42. The number of methoxy groups -OCH3 is 1. The summed E-state index contributed by atoms with van der Waals surface area (Å²) in [6.07, 6.45) is 1.10. The molecule has 1 amide bonds. The van der Waals surface area contributed by atoms with Crippen molar-refractivity contribution in [1.82, 2.24) is 5.32 Å². The van der Waals surface area contributed by atoms with Gasteiger partial charge in [-0.05, 0) is 39.5 Å². The van der Waals surface area contributed by atoms with E-state index < -0.39 is 35.2 Å². The summed E-state index contributed by atoms with van der Waals surface area (Å²) >= 11 is 0. The van der Waals surface area contributed by atoms with Gasteiger partial charge in [-0.1, -0.05) is 0 Å². The van der Waals surface area contributed by atoms with Gasteiger partial charge in [0.15, 0.2) is 11.5 Å². The quantitative estimate of drug-likeness (QED) is 0.438. The smallest absolute Gasteiger partial charge is 0.407 e. The molecule has 1 saturated carbocycles. The molecule has 0 bridgehead atoms. The van der Waals surface area contributed by atoms with Gasteiger partial charge in [0.2, 0.25) is 0 Å². The van der Waals surface area contributed by atoms with Gasteiger partial charge in [-0.2, -0.15) is 0 Å². The third kappa shape index (κ3) is 5.93. The second-order valence-corrected chi connectivity index (χ2v) is 6.08. The SMILES string of the molecule is COC(=O)C(=N)C(=O)CC(NC(=O)OC(C)(C)C)C1CC1. The zero-order valence-electron chi connectivity index (χ0n) is 12.8. The Morgan fingerprint density at radius 2 is 1.86 bits per heavy atom. The Morgan fingerprint density at radius 3 is 2.29 bits per heavy atom. The first-order chi connectivity index (χ1) is 9.64. The summed E-state index contributed by atoms with van der Waals surface area (Å²) < 4.78 is 9.49. The van der Waals surface area contributed by atoms with Crippen molar-refractivity contribution in [2.75, 3.05) is 7.11 Å². The van der Waals surface area contributed by atoms with Crippen molar-refractivity contribution in [2.24, 2.45) is 5.92 Å². The number of amides is 1. The van der Waals surface area contributed by atoms with Gasteiger partial charge in [0.25, 0.3) is 0 Å². The predicted molar refractivity (Wildman–Crippen MR) is 75.2 cm³/mol. The summed E-state index contributed by atoms with van der Waals surface area (Å²) in [5.41, 5.74) is -1.32. The maximum absolute atomic E-state index is 11.8. The van der Waals surface area contributed by atoms with Crippen molar-refractivity contribution < 1.29 is 23.9 Å². The van der Waals surface area contributed by atoms with Crippen molar-refractivity contribution in [3.8, 4) is 0 Å². The van der Waals surface area contributed by atoms with Gasteiger partial charge in [0, 0.05) is 12.5 Å². The molecule has 0 aromatic heterocycles. The third-order valence-electron chi connectivity index (χ3n) is 2.97. The number of alkyl carbamates (subject to hydrolysis) is 1. The van der Waals surface area contributed by atoms with E-state index in [2.05, 4.69) is 10.1 Å². The van der Waals surface area contributed by atoms with Gasteiger partial charge in [0.05, 0.1) is 7.11 Å². The van der Waals surface area contributed by atoms with E-state index >= 15 is 0 Å². The first-order valence-electron chi connectivity index (χ1n) is 6.83. The molecule has 1 aliphatic carbocycles. The first-order valence-corrected chi connectivity index (χ1v) is 6.83. The van der Waals surface area contributed by atoms with E-state index in [0.717, 1.165) is 20.0 Å². The molecule has 21 heavy (non-hydrogen) atoms. The molecule has 0 aromatic rings. The minimum atomic E-state index is -0.966. The fourth-order valence-electron chi connectivity index (χ4n) is 1.81. The number of carbonyl (C=O) groups excluding carboxylic acids is 3. The molecule has 1 rings (SSSR count). The van der Waals surface area contributed by atoms with E-state index in [9.17, 15) is 14.4 Å². The van der Waals surface area contributed by atoms with Crippen molar-refractivity contribution >= 4 is 23.6 Å². The molecule has 0 aromatic carbocycles. The average Bonchev–Trinajstić information content (AvgIpc) is 3.17.